The number of rotatable bonds is 1. The van der Waals surface area contributed by atoms with Crippen LogP contribution >= 0.6 is 0 Å². The molecule has 1 heterocycles. The summed E-state index contributed by atoms with van der Waals surface area (Å²) in [7, 11) is 0. The van der Waals surface area contributed by atoms with E-state index < -0.39 is 23.3 Å². The summed E-state index contributed by atoms with van der Waals surface area (Å²) >= 11 is 0. The van der Waals surface area contributed by atoms with Gasteiger partial charge in [-0.05, 0) is 16.8 Å². The Bertz CT molecular complexity index is 993. The first-order valence-electron chi connectivity index (χ1n) is 6.48. The van der Waals surface area contributed by atoms with E-state index in [9.17, 15) is 14.4 Å². The standard InChI is InChI=1S/C17H7O5/c18-14-11-7-12(17(20)21)22-16(11)10-6-5-8-3-1-2-4-9(8)13(10)15(14)19/h1-6H,(H,20,21). The van der Waals surface area contributed by atoms with Gasteiger partial charge < -0.3 is 9.52 Å². The van der Waals surface area contributed by atoms with Gasteiger partial charge in [0.15, 0.2) is 0 Å². The molecule has 0 saturated carbocycles. The van der Waals surface area contributed by atoms with Crippen LogP contribution in [0.15, 0.2) is 40.8 Å². The number of benzene rings is 2. The molecule has 0 spiro atoms. The van der Waals surface area contributed by atoms with E-state index in [-0.39, 0.29) is 16.9 Å². The fraction of sp³-hybridized carbons (Fsp3) is 0. The number of hydrogen-bond acceptors (Lipinski definition) is 4. The molecule has 1 aliphatic rings. The van der Waals surface area contributed by atoms with Crippen LogP contribution in [0.3, 0.4) is 0 Å². The van der Waals surface area contributed by atoms with Crippen LogP contribution in [0.2, 0.25) is 0 Å². The number of carboxylic acid groups (broad SMARTS) is 1. The molecule has 1 aliphatic carbocycles. The number of carbonyl (C=O) groups excluding carboxylic acids is 2. The molecule has 0 amide bonds. The lowest BCUT2D eigenvalue weighted by Gasteiger charge is -2.15. The SMILES string of the molecule is O=C(O)c1[c]c2c(o1)-c1ccc3ccccc3c1C(=O)C2=O. The van der Waals surface area contributed by atoms with Crippen LogP contribution < -0.4 is 0 Å². The van der Waals surface area contributed by atoms with Gasteiger partial charge in [0.2, 0.25) is 17.3 Å². The molecule has 1 aromatic heterocycles. The van der Waals surface area contributed by atoms with Crippen molar-refractivity contribution < 1.29 is 23.9 Å². The highest BCUT2D eigenvalue weighted by Gasteiger charge is 2.36. The maximum Gasteiger partial charge on any atom is 0.372 e. The Morgan fingerprint density at radius 3 is 2.59 bits per heavy atom. The van der Waals surface area contributed by atoms with Gasteiger partial charge in [-0.2, -0.15) is 0 Å². The van der Waals surface area contributed by atoms with Gasteiger partial charge in [-0.3, -0.25) is 9.59 Å². The molecule has 0 fully saturated rings. The van der Waals surface area contributed by atoms with Crippen LogP contribution in [0.5, 0.6) is 0 Å². The van der Waals surface area contributed by atoms with Gasteiger partial charge in [0, 0.05) is 11.1 Å². The van der Waals surface area contributed by atoms with Crippen LogP contribution in [-0.2, 0) is 0 Å². The van der Waals surface area contributed by atoms with E-state index in [1.807, 2.05) is 12.1 Å². The molecule has 0 aliphatic heterocycles. The van der Waals surface area contributed by atoms with Crippen molar-refractivity contribution in [2.75, 3.05) is 0 Å². The highest BCUT2D eigenvalue weighted by atomic mass is 16.4. The summed E-state index contributed by atoms with van der Waals surface area (Å²) < 4.78 is 5.23. The van der Waals surface area contributed by atoms with Gasteiger partial charge >= 0.3 is 5.97 Å². The molecule has 22 heavy (non-hydrogen) atoms. The van der Waals surface area contributed by atoms with Crippen LogP contribution in [-0.4, -0.2) is 22.6 Å². The predicted octanol–water partition coefficient (Wildman–Crippen LogP) is 2.98. The molecule has 0 bridgehead atoms. The van der Waals surface area contributed by atoms with E-state index >= 15 is 0 Å². The molecule has 1 N–H and O–H groups in total. The summed E-state index contributed by atoms with van der Waals surface area (Å²) in [5.74, 6) is -3.20. The van der Waals surface area contributed by atoms with E-state index in [1.54, 1.807) is 24.3 Å². The third-order valence-electron chi connectivity index (χ3n) is 3.70. The fourth-order valence-corrected chi connectivity index (χ4v) is 2.73. The Morgan fingerprint density at radius 1 is 1.05 bits per heavy atom. The average molecular weight is 291 g/mol. The van der Waals surface area contributed by atoms with Crippen molar-refractivity contribution in [3.05, 3.63) is 59.4 Å². The van der Waals surface area contributed by atoms with Crippen molar-refractivity contribution in [2.45, 2.75) is 0 Å². The Hall–Kier alpha value is -3.21. The molecule has 2 aromatic carbocycles. The summed E-state index contributed by atoms with van der Waals surface area (Å²) in [5.41, 5.74) is 0.544. The zero-order valence-corrected chi connectivity index (χ0v) is 11.0. The van der Waals surface area contributed by atoms with Crippen molar-refractivity contribution in [1.82, 2.24) is 0 Å². The molecule has 3 aromatic rings. The van der Waals surface area contributed by atoms with Gasteiger partial charge in [0.25, 0.3) is 0 Å². The van der Waals surface area contributed by atoms with Crippen LogP contribution in [0.25, 0.3) is 22.1 Å². The molecule has 0 unspecified atom stereocenters. The average Bonchev–Trinajstić information content (AvgIpc) is 2.97. The lowest BCUT2D eigenvalue weighted by atomic mass is 9.85. The Labute approximate surface area is 123 Å². The minimum Gasteiger partial charge on any atom is -0.475 e. The first-order valence-corrected chi connectivity index (χ1v) is 6.48. The second-order valence-corrected chi connectivity index (χ2v) is 4.93. The summed E-state index contributed by atoms with van der Waals surface area (Å²) in [4.78, 5) is 35.6. The van der Waals surface area contributed by atoms with E-state index in [4.69, 9.17) is 9.52 Å². The molecule has 4 rings (SSSR count). The second-order valence-electron chi connectivity index (χ2n) is 4.93. The summed E-state index contributed by atoms with van der Waals surface area (Å²) in [6.07, 6.45) is 0. The van der Waals surface area contributed by atoms with E-state index in [0.29, 0.717) is 10.9 Å². The van der Waals surface area contributed by atoms with E-state index in [1.165, 1.54) is 0 Å². The van der Waals surface area contributed by atoms with Gasteiger partial charge in [-0.15, -0.1) is 0 Å². The van der Waals surface area contributed by atoms with Gasteiger partial charge in [0.05, 0.1) is 11.6 Å². The molecular formula is C17H7O5. The van der Waals surface area contributed by atoms with Crippen molar-refractivity contribution >= 4 is 28.3 Å². The van der Waals surface area contributed by atoms with Crippen molar-refractivity contribution in [3.63, 3.8) is 0 Å². The number of furan rings is 1. The molecule has 5 heteroatoms. The molecule has 0 saturated heterocycles. The fourth-order valence-electron chi connectivity index (χ4n) is 2.73. The smallest absolute Gasteiger partial charge is 0.372 e. The maximum atomic E-state index is 12.4. The van der Waals surface area contributed by atoms with Crippen LogP contribution in [0.1, 0.15) is 31.3 Å². The molecule has 1 radical (unpaired) electrons. The Balaban J connectivity index is 2.12. The lowest BCUT2D eigenvalue weighted by Crippen LogP contribution is -2.20. The van der Waals surface area contributed by atoms with Crippen molar-refractivity contribution in [2.24, 2.45) is 0 Å². The third-order valence-corrected chi connectivity index (χ3v) is 3.70. The second kappa shape index (κ2) is 4.14. The largest absolute Gasteiger partial charge is 0.475 e. The maximum absolute atomic E-state index is 12.4. The zero-order valence-electron chi connectivity index (χ0n) is 11.0. The lowest BCUT2D eigenvalue weighted by molar-refractivity contribution is 0.0662. The summed E-state index contributed by atoms with van der Waals surface area (Å²) in [6.45, 7) is 0. The van der Waals surface area contributed by atoms with Crippen LogP contribution in [0, 0.1) is 6.07 Å². The van der Waals surface area contributed by atoms with Gasteiger partial charge in [-0.1, -0.05) is 30.3 Å². The highest BCUT2D eigenvalue weighted by molar-refractivity contribution is 6.54. The number of ketones is 2. The van der Waals surface area contributed by atoms with Crippen molar-refractivity contribution in [1.29, 1.82) is 0 Å². The van der Waals surface area contributed by atoms with Crippen molar-refractivity contribution in [3.8, 4) is 11.3 Å². The van der Waals surface area contributed by atoms with Gasteiger partial charge in [0.1, 0.15) is 5.76 Å². The Kier molecular flexibility index (Phi) is 2.36. The first-order chi connectivity index (χ1) is 10.6. The quantitative estimate of drug-likeness (QED) is 0.697. The first kappa shape index (κ1) is 12.5. The summed E-state index contributed by atoms with van der Waals surface area (Å²) in [5, 5.41) is 10.4. The molecule has 5 nitrogen and oxygen atoms in total. The van der Waals surface area contributed by atoms with E-state index in [2.05, 4.69) is 6.07 Å². The number of aromatic carboxylic acids is 1. The number of fused-ring (bicyclic) bond motifs is 5. The number of carboxylic acids is 1. The normalized spacial score (nSPS) is 13.1. The number of Topliss-reactive ketones (excluding diaryl/α,β-unsaturated/α-hetero) is 2. The van der Waals surface area contributed by atoms with E-state index in [0.717, 1.165) is 5.39 Å². The summed E-state index contributed by atoms with van der Waals surface area (Å²) in [6, 6.07) is 13.0. The monoisotopic (exact) mass is 291 g/mol. The van der Waals surface area contributed by atoms with Crippen LogP contribution in [0.4, 0.5) is 0 Å². The third kappa shape index (κ3) is 1.50. The molecular weight excluding hydrogens is 284 g/mol. The molecule has 105 valence electrons. The molecule has 0 atom stereocenters. The minimum atomic E-state index is -1.34. The number of hydrogen-bond donors (Lipinski definition) is 1. The predicted molar refractivity (Wildman–Crippen MR) is 76.1 cm³/mol. The topological polar surface area (TPSA) is 84.6 Å². The minimum absolute atomic E-state index is 0.0859. The number of carbonyl (C=O) groups is 3. The van der Waals surface area contributed by atoms with Gasteiger partial charge in [-0.25, -0.2) is 4.79 Å². The Morgan fingerprint density at radius 2 is 1.82 bits per heavy atom. The zero-order chi connectivity index (χ0) is 15.4. The highest BCUT2D eigenvalue weighted by Crippen LogP contribution is 2.38.